The van der Waals surface area contributed by atoms with Crippen LogP contribution in [0.5, 0.6) is 17.2 Å². The molecule has 0 aliphatic heterocycles. The van der Waals surface area contributed by atoms with Crippen LogP contribution in [-0.4, -0.2) is 21.3 Å². The summed E-state index contributed by atoms with van der Waals surface area (Å²) in [4.78, 5) is 0. The molecule has 0 aromatic heterocycles. The zero-order valence-electron chi connectivity index (χ0n) is 12.9. The van der Waals surface area contributed by atoms with Crippen LogP contribution in [0.1, 0.15) is 11.1 Å². The Morgan fingerprint density at radius 3 is 1.90 bits per heavy atom. The number of rotatable bonds is 6. The van der Waals surface area contributed by atoms with Gasteiger partial charge in [-0.1, -0.05) is 17.7 Å². The molecular weight excluding hydrogens is 266 g/mol. The second kappa shape index (κ2) is 6.88. The van der Waals surface area contributed by atoms with Crippen molar-refractivity contribution in [2.75, 3.05) is 26.6 Å². The minimum absolute atomic E-state index is 0.611. The molecule has 0 bridgehead atoms. The first kappa shape index (κ1) is 15.0. The molecule has 0 saturated heterocycles. The van der Waals surface area contributed by atoms with Gasteiger partial charge >= 0.3 is 0 Å². The number of methoxy groups -OCH3 is 3. The summed E-state index contributed by atoms with van der Waals surface area (Å²) in [5, 5.41) is 3.37. The van der Waals surface area contributed by atoms with Crippen molar-refractivity contribution in [1.82, 2.24) is 0 Å². The Balaban J connectivity index is 2.23. The zero-order chi connectivity index (χ0) is 15.2. The molecule has 2 aromatic carbocycles. The van der Waals surface area contributed by atoms with E-state index in [1.807, 2.05) is 12.1 Å². The second-order valence-corrected chi connectivity index (χ2v) is 4.73. The van der Waals surface area contributed by atoms with Crippen molar-refractivity contribution in [3.8, 4) is 17.2 Å². The lowest BCUT2D eigenvalue weighted by Gasteiger charge is -2.16. The van der Waals surface area contributed by atoms with Crippen LogP contribution in [-0.2, 0) is 6.54 Å². The van der Waals surface area contributed by atoms with Gasteiger partial charge in [0.15, 0.2) is 0 Å². The highest BCUT2D eigenvalue weighted by molar-refractivity contribution is 5.53. The zero-order valence-corrected chi connectivity index (χ0v) is 12.9. The van der Waals surface area contributed by atoms with Crippen molar-refractivity contribution in [3.05, 3.63) is 47.5 Å². The standard InChI is InChI=1S/C17H21NO3/c1-12-5-7-13(8-6-12)18-11-15-16(20-3)9-14(19-2)10-17(15)21-4/h5-10,18H,11H2,1-4H3. The summed E-state index contributed by atoms with van der Waals surface area (Å²) >= 11 is 0. The van der Waals surface area contributed by atoms with Gasteiger partial charge in [0.25, 0.3) is 0 Å². The number of hydrogen-bond donors (Lipinski definition) is 1. The molecule has 0 amide bonds. The number of aryl methyl sites for hydroxylation is 1. The van der Waals surface area contributed by atoms with E-state index < -0.39 is 0 Å². The van der Waals surface area contributed by atoms with E-state index in [-0.39, 0.29) is 0 Å². The summed E-state index contributed by atoms with van der Waals surface area (Å²) in [6.07, 6.45) is 0. The van der Waals surface area contributed by atoms with Gasteiger partial charge in [-0.3, -0.25) is 0 Å². The van der Waals surface area contributed by atoms with Gasteiger partial charge in [-0.2, -0.15) is 0 Å². The van der Waals surface area contributed by atoms with E-state index in [9.17, 15) is 0 Å². The van der Waals surface area contributed by atoms with Crippen LogP contribution < -0.4 is 19.5 Å². The average Bonchev–Trinajstić information content (AvgIpc) is 2.53. The normalized spacial score (nSPS) is 10.1. The molecule has 4 heteroatoms. The number of anilines is 1. The SMILES string of the molecule is COc1cc(OC)c(CNc2ccc(C)cc2)c(OC)c1. The molecule has 1 N–H and O–H groups in total. The number of nitrogens with one attached hydrogen (secondary N) is 1. The molecule has 0 saturated carbocycles. The molecule has 0 radical (unpaired) electrons. The third-order valence-corrected chi connectivity index (χ3v) is 3.34. The van der Waals surface area contributed by atoms with Crippen LogP contribution in [0.15, 0.2) is 36.4 Å². The Morgan fingerprint density at radius 2 is 1.43 bits per heavy atom. The van der Waals surface area contributed by atoms with Crippen molar-refractivity contribution < 1.29 is 14.2 Å². The van der Waals surface area contributed by atoms with Crippen LogP contribution >= 0.6 is 0 Å². The van der Waals surface area contributed by atoms with Gasteiger partial charge in [0, 0.05) is 24.4 Å². The molecule has 0 aliphatic carbocycles. The van der Waals surface area contributed by atoms with Gasteiger partial charge in [-0.25, -0.2) is 0 Å². The van der Waals surface area contributed by atoms with E-state index in [1.165, 1.54) is 5.56 Å². The molecule has 4 nitrogen and oxygen atoms in total. The maximum atomic E-state index is 5.44. The van der Waals surface area contributed by atoms with Crippen LogP contribution in [0.3, 0.4) is 0 Å². The quantitative estimate of drug-likeness (QED) is 0.880. The molecule has 0 heterocycles. The fraction of sp³-hybridized carbons (Fsp3) is 0.294. The molecule has 21 heavy (non-hydrogen) atoms. The second-order valence-electron chi connectivity index (χ2n) is 4.73. The Kier molecular flexibility index (Phi) is 4.93. The van der Waals surface area contributed by atoms with Crippen molar-refractivity contribution >= 4 is 5.69 Å². The van der Waals surface area contributed by atoms with E-state index in [0.717, 1.165) is 22.7 Å². The fourth-order valence-electron chi connectivity index (χ4n) is 2.11. The average molecular weight is 287 g/mol. The maximum Gasteiger partial charge on any atom is 0.131 e. The molecular formula is C17H21NO3. The molecule has 0 fully saturated rings. The molecule has 0 spiro atoms. The predicted molar refractivity (Wildman–Crippen MR) is 84.6 cm³/mol. The Bertz CT molecular complexity index is 568. The fourth-order valence-corrected chi connectivity index (χ4v) is 2.11. The first-order valence-electron chi connectivity index (χ1n) is 6.77. The lowest BCUT2D eigenvalue weighted by molar-refractivity contribution is 0.369. The third-order valence-electron chi connectivity index (χ3n) is 3.34. The number of hydrogen-bond acceptors (Lipinski definition) is 4. The van der Waals surface area contributed by atoms with Gasteiger partial charge in [-0.05, 0) is 19.1 Å². The summed E-state index contributed by atoms with van der Waals surface area (Å²) in [7, 11) is 4.91. The monoisotopic (exact) mass is 287 g/mol. The van der Waals surface area contributed by atoms with Crippen LogP contribution in [0, 0.1) is 6.92 Å². The Labute approximate surface area is 125 Å². The van der Waals surface area contributed by atoms with Gasteiger partial charge in [0.1, 0.15) is 17.2 Å². The van der Waals surface area contributed by atoms with Crippen molar-refractivity contribution in [1.29, 1.82) is 0 Å². The molecule has 2 aromatic rings. The first-order chi connectivity index (χ1) is 10.2. The van der Waals surface area contributed by atoms with Crippen molar-refractivity contribution in [3.63, 3.8) is 0 Å². The minimum Gasteiger partial charge on any atom is -0.496 e. The van der Waals surface area contributed by atoms with Crippen LogP contribution in [0.25, 0.3) is 0 Å². The highest BCUT2D eigenvalue weighted by Crippen LogP contribution is 2.34. The minimum atomic E-state index is 0.611. The van der Waals surface area contributed by atoms with E-state index in [0.29, 0.717) is 12.3 Å². The lowest BCUT2D eigenvalue weighted by atomic mass is 10.1. The lowest BCUT2D eigenvalue weighted by Crippen LogP contribution is -2.04. The van der Waals surface area contributed by atoms with Crippen LogP contribution in [0.2, 0.25) is 0 Å². The Hall–Kier alpha value is -2.36. The highest BCUT2D eigenvalue weighted by atomic mass is 16.5. The predicted octanol–water partition coefficient (Wildman–Crippen LogP) is 3.63. The van der Waals surface area contributed by atoms with Gasteiger partial charge in [-0.15, -0.1) is 0 Å². The molecule has 0 atom stereocenters. The van der Waals surface area contributed by atoms with Gasteiger partial charge < -0.3 is 19.5 Å². The van der Waals surface area contributed by atoms with Crippen molar-refractivity contribution in [2.24, 2.45) is 0 Å². The summed E-state index contributed by atoms with van der Waals surface area (Å²) in [6, 6.07) is 12.0. The Morgan fingerprint density at radius 1 is 0.857 bits per heavy atom. The molecule has 112 valence electrons. The summed E-state index contributed by atoms with van der Waals surface area (Å²) in [6.45, 7) is 2.68. The van der Waals surface area contributed by atoms with Crippen LogP contribution in [0.4, 0.5) is 5.69 Å². The van der Waals surface area contributed by atoms with E-state index >= 15 is 0 Å². The molecule has 0 unspecified atom stereocenters. The van der Waals surface area contributed by atoms with E-state index in [2.05, 4.69) is 36.5 Å². The summed E-state index contributed by atoms with van der Waals surface area (Å²) < 4.78 is 16.1. The number of benzene rings is 2. The largest absolute Gasteiger partial charge is 0.496 e. The first-order valence-corrected chi connectivity index (χ1v) is 6.77. The van der Waals surface area contributed by atoms with E-state index in [4.69, 9.17) is 14.2 Å². The maximum absolute atomic E-state index is 5.44. The topological polar surface area (TPSA) is 39.7 Å². The van der Waals surface area contributed by atoms with Gasteiger partial charge in [0.05, 0.1) is 26.9 Å². The summed E-state index contributed by atoms with van der Waals surface area (Å²) in [5.74, 6) is 2.19. The van der Waals surface area contributed by atoms with Gasteiger partial charge in [0.2, 0.25) is 0 Å². The number of ether oxygens (including phenoxy) is 3. The highest BCUT2D eigenvalue weighted by Gasteiger charge is 2.13. The van der Waals surface area contributed by atoms with Crippen molar-refractivity contribution in [2.45, 2.75) is 13.5 Å². The third kappa shape index (κ3) is 3.60. The molecule has 2 rings (SSSR count). The smallest absolute Gasteiger partial charge is 0.131 e. The summed E-state index contributed by atoms with van der Waals surface area (Å²) in [5.41, 5.74) is 3.25. The molecule has 0 aliphatic rings. The van der Waals surface area contributed by atoms with E-state index in [1.54, 1.807) is 21.3 Å².